The highest BCUT2D eigenvalue weighted by Crippen LogP contribution is 2.30. The molecule has 0 aromatic heterocycles. The highest BCUT2D eigenvalue weighted by molar-refractivity contribution is 6.32. The summed E-state index contributed by atoms with van der Waals surface area (Å²) in [7, 11) is 3.30. The van der Waals surface area contributed by atoms with Crippen LogP contribution in [0.15, 0.2) is 41.5 Å². The van der Waals surface area contributed by atoms with E-state index in [0.29, 0.717) is 22.2 Å². The molecule has 3 rings (SSSR count). The Hall–Kier alpha value is -2.24. The van der Waals surface area contributed by atoms with Gasteiger partial charge in [0.25, 0.3) is 0 Å². The van der Waals surface area contributed by atoms with Gasteiger partial charge in [-0.05, 0) is 60.9 Å². The smallest absolute Gasteiger partial charge is 0.344 e. The largest absolute Gasteiger partial charge is 0.495 e. The summed E-state index contributed by atoms with van der Waals surface area (Å²) in [5, 5.41) is 7.02. The number of nitrogens with zero attached hydrogens (tertiary/aromatic N) is 3. The molecule has 0 saturated carbocycles. The van der Waals surface area contributed by atoms with Crippen molar-refractivity contribution in [3.05, 3.63) is 57.6 Å². The van der Waals surface area contributed by atoms with Crippen LogP contribution in [0.1, 0.15) is 18.1 Å². The first kappa shape index (κ1) is 18.5. The van der Waals surface area contributed by atoms with Crippen molar-refractivity contribution < 1.29 is 9.53 Å². The quantitative estimate of drug-likeness (QED) is 0.734. The van der Waals surface area contributed by atoms with Gasteiger partial charge in [0.05, 0.1) is 24.4 Å². The van der Waals surface area contributed by atoms with Crippen LogP contribution in [0.2, 0.25) is 10.0 Å². The first-order valence-corrected chi connectivity index (χ1v) is 8.89. The van der Waals surface area contributed by atoms with Gasteiger partial charge >= 0.3 is 6.03 Å². The van der Waals surface area contributed by atoms with Crippen LogP contribution in [0.25, 0.3) is 0 Å². The maximum atomic E-state index is 12.9. The number of carbonyl (C=O) groups excluding carboxylic acids is 1. The van der Waals surface area contributed by atoms with Crippen LogP contribution in [0, 0.1) is 0 Å². The van der Waals surface area contributed by atoms with Gasteiger partial charge in [-0.25, -0.2) is 9.80 Å². The van der Waals surface area contributed by atoms with Gasteiger partial charge in [-0.2, -0.15) is 5.10 Å². The SMILES string of the molecule is COc1cc2c(cc1Cl)C=NN(C(=O)N(C)c1ccc(Cl)cc1)C(C)C2. The van der Waals surface area contributed by atoms with E-state index in [1.165, 1.54) is 5.01 Å². The summed E-state index contributed by atoms with van der Waals surface area (Å²) in [5.41, 5.74) is 2.66. The molecular weight excluding hydrogens is 373 g/mol. The fourth-order valence-corrected chi connectivity index (χ4v) is 3.25. The van der Waals surface area contributed by atoms with Crippen LogP contribution in [0.3, 0.4) is 0 Å². The Balaban J connectivity index is 1.86. The standard InChI is InChI=1S/C19H19Cl2N3O2/c1-12-8-13-10-18(26-3)17(21)9-14(13)11-22-24(12)19(25)23(2)16-6-4-15(20)5-7-16/h4-7,9-12H,8H2,1-3H3. The number of fused-ring (bicyclic) bond motifs is 1. The Kier molecular flexibility index (Phi) is 5.39. The van der Waals surface area contributed by atoms with Crippen LogP contribution in [0.4, 0.5) is 10.5 Å². The van der Waals surface area contributed by atoms with E-state index in [9.17, 15) is 4.79 Å². The average molecular weight is 392 g/mol. The Labute approximate surface area is 162 Å². The second-order valence-electron chi connectivity index (χ2n) is 6.15. The van der Waals surface area contributed by atoms with Crippen molar-refractivity contribution in [2.75, 3.05) is 19.1 Å². The molecule has 136 valence electrons. The van der Waals surface area contributed by atoms with Gasteiger partial charge in [-0.3, -0.25) is 4.90 Å². The third-order valence-corrected chi connectivity index (χ3v) is 4.91. The zero-order chi connectivity index (χ0) is 18.8. The number of benzene rings is 2. The van der Waals surface area contributed by atoms with Crippen molar-refractivity contribution in [2.45, 2.75) is 19.4 Å². The second-order valence-corrected chi connectivity index (χ2v) is 6.99. The summed E-state index contributed by atoms with van der Waals surface area (Å²) in [6.07, 6.45) is 2.31. The van der Waals surface area contributed by atoms with Crippen molar-refractivity contribution in [3.63, 3.8) is 0 Å². The number of carbonyl (C=O) groups is 1. The Morgan fingerprint density at radius 1 is 1.27 bits per heavy atom. The zero-order valence-corrected chi connectivity index (χ0v) is 16.3. The lowest BCUT2D eigenvalue weighted by Gasteiger charge is -2.28. The van der Waals surface area contributed by atoms with E-state index < -0.39 is 0 Å². The van der Waals surface area contributed by atoms with Crippen molar-refractivity contribution in [1.82, 2.24) is 5.01 Å². The molecule has 2 aromatic rings. The summed E-state index contributed by atoms with van der Waals surface area (Å²) in [6.45, 7) is 1.96. The molecule has 0 fully saturated rings. The fraction of sp³-hybridized carbons (Fsp3) is 0.263. The number of methoxy groups -OCH3 is 1. The molecule has 2 aromatic carbocycles. The molecule has 1 aliphatic rings. The van der Waals surface area contributed by atoms with Gasteiger partial charge in [0, 0.05) is 17.8 Å². The minimum absolute atomic E-state index is 0.124. The molecule has 0 bridgehead atoms. The van der Waals surface area contributed by atoms with Crippen LogP contribution in [0.5, 0.6) is 5.75 Å². The van der Waals surface area contributed by atoms with Crippen LogP contribution in [-0.2, 0) is 6.42 Å². The van der Waals surface area contributed by atoms with E-state index in [4.69, 9.17) is 27.9 Å². The van der Waals surface area contributed by atoms with E-state index >= 15 is 0 Å². The molecule has 0 aliphatic carbocycles. The Bertz CT molecular complexity index is 853. The lowest BCUT2D eigenvalue weighted by Crippen LogP contribution is -2.43. The van der Waals surface area contributed by atoms with Crippen molar-refractivity contribution in [3.8, 4) is 5.75 Å². The monoisotopic (exact) mass is 391 g/mol. The molecule has 1 unspecified atom stereocenters. The molecule has 0 saturated heterocycles. The van der Waals surface area contributed by atoms with E-state index in [1.807, 2.05) is 19.1 Å². The number of amides is 2. The lowest BCUT2D eigenvalue weighted by molar-refractivity contribution is 0.190. The predicted molar refractivity (Wildman–Crippen MR) is 106 cm³/mol. The van der Waals surface area contributed by atoms with Crippen LogP contribution in [-0.4, -0.2) is 37.5 Å². The Morgan fingerprint density at radius 3 is 2.62 bits per heavy atom. The fourth-order valence-electron chi connectivity index (χ4n) is 2.87. The number of rotatable bonds is 2. The number of hydrazone groups is 1. The first-order chi connectivity index (χ1) is 12.4. The molecule has 0 radical (unpaired) electrons. The van der Waals surface area contributed by atoms with Crippen molar-refractivity contribution >= 4 is 41.1 Å². The Morgan fingerprint density at radius 2 is 1.96 bits per heavy atom. The maximum Gasteiger partial charge on any atom is 0.344 e. The summed E-state index contributed by atoms with van der Waals surface area (Å²) >= 11 is 12.1. The molecule has 0 N–H and O–H groups in total. The minimum atomic E-state index is -0.220. The van der Waals surface area contributed by atoms with Gasteiger partial charge in [-0.1, -0.05) is 23.2 Å². The molecule has 5 nitrogen and oxygen atoms in total. The molecule has 1 heterocycles. The van der Waals surface area contributed by atoms with E-state index in [1.54, 1.807) is 49.5 Å². The molecule has 0 spiro atoms. The topological polar surface area (TPSA) is 45.1 Å². The van der Waals surface area contributed by atoms with Crippen LogP contribution >= 0.6 is 23.2 Å². The summed E-state index contributed by atoms with van der Waals surface area (Å²) in [5.74, 6) is 0.615. The molecule has 26 heavy (non-hydrogen) atoms. The van der Waals surface area contributed by atoms with Gasteiger partial charge in [0.15, 0.2) is 0 Å². The second kappa shape index (κ2) is 7.56. The lowest BCUT2D eigenvalue weighted by atomic mass is 10.0. The van der Waals surface area contributed by atoms with Gasteiger partial charge in [-0.15, -0.1) is 0 Å². The number of anilines is 1. The third-order valence-electron chi connectivity index (χ3n) is 4.36. The number of hydrogen-bond donors (Lipinski definition) is 0. The van der Waals surface area contributed by atoms with Gasteiger partial charge in [0.2, 0.25) is 0 Å². The molecule has 7 heteroatoms. The summed E-state index contributed by atoms with van der Waals surface area (Å²) < 4.78 is 5.29. The van der Waals surface area contributed by atoms with Gasteiger partial charge in [0.1, 0.15) is 5.75 Å². The van der Waals surface area contributed by atoms with Crippen LogP contribution < -0.4 is 9.64 Å². The number of ether oxygens (including phenoxy) is 1. The maximum absolute atomic E-state index is 12.9. The number of urea groups is 1. The molecule has 2 amide bonds. The van der Waals surface area contributed by atoms with Crippen molar-refractivity contribution in [2.24, 2.45) is 5.10 Å². The zero-order valence-electron chi connectivity index (χ0n) is 14.7. The molecule has 1 aliphatic heterocycles. The normalized spacial score (nSPS) is 16.0. The highest BCUT2D eigenvalue weighted by Gasteiger charge is 2.27. The number of halogens is 2. The first-order valence-electron chi connectivity index (χ1n) is 8.13. The van der Waals surface area contributed by atoms with E-state index in [2.05, 4.69) is 5.10 Å². The van der Waals surface area contributed by atoms with E-state index in [0.717, 1.165) is 16.8 Å². The van der Waals surface area contributed by atoms with Gasteiger partial charge < -0.3 is 4.74 Å². The van der Waals surface area contributed by atoms with Crippen molar-refractivity contribution in [1.29, 1.82) is 0 Å². The number of hydrogen-bond acceptors (Lipinski definition) is 3. The molecule has 1 atom stereocenters. The predicted octanol–water partition coefficient (Wildman–Crippen LogP) is 4.84. The average Bonchev–Trinajstić information content (AvgIpc) is 2.78. The highest BCUT2D eigenvalue weighted by atomic mass is 35.5. The summed E-state index contributed by atoms with van der Waals surface area (Å²) in [6, 6.07) is 10.5. The molecular formula is C19H19Cl2N3O2. The minimum Gasteiger partial charge on any atom is -0.495 e. The van der Waals surface area contributed by atoms with E-state index in [-0.39, 0.29) is 12.1 Å². The summed E-state index contributed by atoms with van der Waals surface area (Å²) in [4.78, 5) is 14.5. The third kappa shape index (κ3) is 3.64.